The van der Waals surface area contributed by atoms with Crippen molar-refractivity contribution in [2.24, 2.45) is 0 Å². The molecule has 0 atom stereocenters. The van der Waals surface area contributed by atoms with Crippen LogP contribution in [0.1, 0.15) is 30.9 Å². The molecule has 10 heteroatoms. The number of aryl methyl sites for hydroxylation is 1. The molecule has 0 saturated carbocycles. The van der Waals surface area contributed by atoms with Gasteiger partial charge in [0.05, 0.1) is 4.92 Å². The fourth-order valence-corrected chi connectivity index (χ4v) is 2.88. The van der Waals surface area contributed by atoms with E-state index in [1.165, 1.54) is 24.3 Å². The third-order valence-electron chi connectivity index (χ3n) is 4.48. The lowest BCUT2D eigenvalue weighted by Gasteiger charge is -2.15. The standard InChI is InChI=1S/C21H20F3N5O2/c1-2-3-6-14-9-11-15(12-10-14)26-20-25-13-16(21(22,23)24)19(28-20)27-17-7-4-5-8-18(17)29(30)31/h4-5,7-13H,2-3,6H2,1H3,(H2,25,26,27,28). The predicted octanol–water partition coefficient (Wildman–Crippen LogP) is 6.23. The first kappa shape index (κ1) is 22.0. The summed E-state index contributed by atoms with van der Waals surface area (Å²) < 4.78 is 40.3. The van der Waals surface area contributed by atoms with Gasteiger partial charge in [-0.05, 0) is 36.6 Å². The number of halogens is 3. The molecule has 1 aromatic heterocycles. The Labute approximate surface area is 176 Å². The molecule has 0 fully saturated rings. The first-order valence-corrected chi connectivity index (χ1v) is 9.58. The number of aromatic nitrogens is 2. The molecule has 0 aliphatic rings. The molecule has 0 bridgehead atoms. The lowest BCUT2D eigenvalue weighted by atomic mass is 10.1. The topological polar surface area (TPSA) is 93.0 Å². The Morgan fingerprint density at radius 1 is 1.06 bits per heavy atom. The van der Waals surface area contributed by atoms with Crippen molar-refractivity contribution in [1.29, 1.82) is 0 Å². The fraction of sp³-hybridized carbons (Fsp3) is 0.238. The molecule has 3 aromatic rings. The second kappa shape index (κ2) is 9.41. The first-order chi connectivity index (χ1) is 14.8. The van der Waals surface area contributed by atoms with Crippen LogP contribution in [0.25, 0.3) is 0 Å². The number of hydrogen-bond donors (Lipinski definition) is 2. The second-order valence-electron chi connectivity index (χ2n) is 6.78. The van der Waals surface area contributed by atoms with E-state index in [4.69, 9.17) is 0 Å². The lowest BCUT2D eigenvalue weighted by molar-refractivity contribution is -0.383. The summed E-state index contributed by atoms with van der Waals surface area (Å²) in [6.45, 7) is 2.10. The number of anilines is 4. The molecule has 0 unspecified atom stereocenters. The van der Waals surface area contributed by atoms with Crippen LogP contribution in [-0.2, 0) is 12.6 Å². The van der Waals surface area contributed by atoms with E-state index < -0.39 is 22.5 Å². The minimum atomic E-state index is -4.74. The van der Waals surface area contributed by atoms with Gasteiger partial charge in [-0.15, -0.1) is 0 Å². The molecule has 2 N–H and O–H groups in total. The predicted molar refractivity (Wildman–Crippen MR) is 112 cm³/mol. The Kier molecular flexibility index (Phi) is 6.68. The normalized spacial score (nSPS) is 11.2. The highest BCUT2D eigenvalue weighted by Gasteiger charge is 2.35. The maximum atomic E-state index is 13.4. The molecule has 3 rings (SSSR count). The number of nitrogens with zero attached hydrogens (tertiary/aromatic N) is 3. The van der Waals surface area contributed by atoms with Crippen molar-refractivity contribution in [1.82, 2.24) is 9.97 Å². The van der Waals surface area contributed by atoms with Crippen molar-refractivity contribution in [2.45, 2.75) is 32.4 Å². The zero-order valence-electron chi connectivity index (χ0n) is 16.6. The first-order valence-electron chi connectivity index (χ1n) is 9.58. The van der Waals surface area contributed by atoms with Crippen molar-refractivity contribution < 1.29 is 18.1 Å². The lowest BCUT2D eigenvalue weighted by Crippen LogP contribution is -2.13. The number of alkyl halides is 3. The molecule has 0 saturated heterocycles. The Morgan fingerprint density at radius 2 is 1.77 bits per heavy atom. The Balaban J connectivity index is 1.90. The summed E-state index contributed by atoms with van der Waals surface area (Å²) >= 11 is 0. The summed E-state index contributed by atoms with van der Waals surface area (Å²) in [4.78, 5) is 18.2. The van der Waals surface area contributed by atoms with Gasteiger partial charge in [-0.25, -0.2) is 4.98 Å². The molecular formula is C21H20F3N5O2. The molecule has 0 spiro atoms. The van der Waals surface area contributed by atoms with E-state index in [0.29, 0.717) is 11.9 Å². The fourth-order valence-electron chi connectivity index (χ4n) is 2.88. The van der Waals surface area contributed by atoms with Crippen LogP contribution in [0.4, 0.5) is 42.0 Å². The molecule has 0 amide bonds. The smallest absolute Gasteiger partial charge is 0.334 e. The summed E-state index contributed by atoms with van der Waals surface area (Å²) in [7, 11) is 0. The van der Waals surface area contributed by atoms with Gasteiger partial charge in [0.2, 0.25) is 5.95 Å². The average molecular weight is 431 g/mol. The number of hydrogen-bond acceptors (Lipinski definition) is 6. The van der Waals surface area contributed by atoms with E-state index in [9.17, 15) is 23.3 Å². The molecule has 0 aliphatic heterocycles. The zero-order valence-corrected chi connectivity index (χ0v) is 16.6. The summed E-state index contributed by atoms with van der Waals surface area (Å²) in [6.07, 6.45) is -1.02. The molecule has 0 radical (unpaired) electrons. The van der Waals surface area contributed by atoms with E-state index in [0.717, 1.165) is 24.8 Å². The zero-order chi connectivity index (χ0) is 22.4. The second-order valence-corrected chi connectivity index (χ2v) is 6.78. The highest BCUT2D eigenvalue weighted by atomic mass is 19.4. The van der Waals surface area contributed by atoms with Gasteiger partial charge in [-0.3, -0.25) is 10.1 Å². The van der Waals surface area contributed by atoms with Gasteiger partial charge < -0.3 is 10.6 Å². The van der Waals surface area contributed by atoms with Gasteiger partial charge >= 0.3 is 6.18 Å². The van der Waals surface area contributed by atoms with Crippen molar-refractivity contribution in [3.8, 4) is 0 Å². The monoisotopic (exact) mass is 431 g/mol. The van der Waals surface area contributed by atoms with E-state index in [1.54, 1.807) is 12.1 Å². The summed E-state index contributed by atoms with van der Waals surface area (Å²) in [6, 6.07) is 12.8. The van der Waals surface area contributed by atoms with Gasteiger partial charge in [0.15, 0.2) is 0 Å². The van der Waals surface area contributed by atoms with E-state index in [-0.39, 0.29) is 17.3 Å². The van der Waals surface area contributed by atoms with Gasteiger partial charge in [0, 0.05) is 18.0 Å². The van der Waals surface area contributed by atoms with E-state index in [2.05, 4.69) is 27.5 Å². The maximum Gasteiger partial charge on any atom is 0.421 e. The molecule has 7 nitrogen and oxygen atoms in total. The van der Waals surface area contributed by atoms with Crippen LogP contribution in [0, 0.1) is 10.1 Å². The maximum absolute atomic E-state index is 13.4. The summed E-state index contributed by atoms with van der Waals surface area (Å²) in [5.41, 5.74) is 0.150. The van der Waals surface area contributed by atoms with Gasteiger partial charge in [0.25, 0.3) is 5.69 Å². The van der Waals surface area contributed by atoms with Crippen LogP contribution in [0.2, 0.25) is 0 Å². The van der Waals surface area contributed by atoms with Crippen molar-refractivity contribution in [3.05, 3.63) is 76.0 Å². The molecule has 162 valence electrons. The largest absolute Gasteiger partial charge is 0.421 e. The summed E-state index contributed by atoms with van der Waals surface area (Å²) in [5, 5.41) is 16.5. The number of unbranched alkanes of at least 4 members (excludes halogenated alkanes) is 1. The van der Waals surface area contributed by atoms with Crippen LogP contribution in [0.15, 0.2) is 54.7 Å². The van der Waals surface area contributed by atoms with Gasteiger partial charge in [-0.2, -0.15) is 18.2 Å². The van der Waals surface area contributed by atoms with Crippen LogP contribution >= 0.6 is 0 Å². The SMILES string of the molecule is CCCCc1ccc(Nc2ncc(C(F)(F)F)c(Nc3ccccc3[N+](=O)[O-])n2)cc1. The molecule has 0 aliphatic carbocycles. The third-order valence-corrected chi connectivity index (χ3v) is 4.48. The minimum Gasteiger partial charge on any atom is -0.334 e. The summed E-state index contributed by atoms with van der Waals surface area (Å²) in [5.74, 6) is -0.658. The molecule has 1 heterocycles. The number of para-hydroxylation sites is 2. The average Bonchev–Trinajstić information content (AvgIpc) is 2.73. The van der Waals surface area contributed by atoms with Gasteiger partial charge in [0.1, 0.15) is 17.1 Å². The number of nitro groups is 1. The Hall–Kier alpha value is -3.69. The van der Waals surface area contributed by atoms with E-state index >= 15 is 0 Å². The quantitative estimate of drug-likeness (QED) is 0.324. The highest BCUT2D eigenvalue weighted by molar-refractivity contribution is 5.70. The number of nitro benzene ring substituents is 1. The minimum absolute atomic E-state index is 0.0737. The molecular weight excluding hydrogens is 411 g/mol. The van der Waals surface area contributed by atoms with Crippen molar-refractivity contribution in [2.75, 3.05) is 10.6 Å². The molecule has 31 heavy (non-hydrogen) atoms. The van der Waals surface area contributed by atoms with Crippen LogP contribution in [0.5, 0.6) is 0 Å². The molecule has 2 aromatic carbocycles. The third kappa shape index (κ3) is 5.68. The number of nitrogens with one attached hydrogen (secondary N) is 2. The van der Waals surface area contributed by atoms with E-state index in [1.807, 2.05) is 12.1 Å². The van der Waals surface area contributed by atoms with Crippen LogP contribution < -0.4 is 10.6 Å². The Bertz CT molecular complexity index is 1060. The Morgan fingerprint density at radius 3 is 2.42 bits per heavy atom. The highest BCUT2D eigenvalue weighted by Crippen LogP contribution is 2.36. The van der Waals surface area contributed by atoms with Crippen molar-refractivity contribution in [3.63, 3.8) is 0 Å². The number of benzene rings is 2. The van der Waals surface area contributed by atoms with Crippen LogP contribution in [-0.4, -0.2) is 14.9 Å². The number of rotatable bonds is 8. The van der Waals surface area contributed by atoms with Gasteiger partial charge in [-0.1, -0.05) is 37.6 Å². The van der Waals surface area contributed by atoms with Crippen molar-refractivity contribution >= 4 is 28.8 Å². The van der Waals surface area contributed by atoms with Crippen LogP contribution in [0.3, 0.4) is 0 Å².